The van der Waals surface area contributed by atoms with Gasteiger partial charge in [-0.25, -0.2) is 4.98 Å². The van der Waals surface area contributed by atoms with Crippen molar-refractivity contribution in [3.8, 4) is 5.75 Å². The van der Waals surface area contributed by atoms with Crippen molar-refractivity contribution in [1.29, 1.82) is 0 Å². The fourth-order valence-corrected chi connectivity index (χ4v) is 3.82. The van der Waals surface area contributed by atoms with Crippen LogP contribution in [0.1, 0.15) is 34.5 Å². The molecule has 0 bridgehead atoms. The Morgan fingerprint density at radius 1 is 1.35 bits per heavy atom. The number of nitrogens with one attached hydrogen (secondary N) is 1. The third kappa shape index (κ3) is 3.75. The number of piperidine rings is 1. The number of ether oxygens (including phenoxy) is 1. The van der Waals surface area contributed by atoms with Gasteiger partial charge in [0.15, 0.2) is 0 Å². The standard InChI is InChI=1S/C20H26N4O2/c1-23-14-21-13-18(23)20(25)22-17-5-9-24(10-6-17)8-4-15-2-3-19-16(12-15)7-11-26-19/h2-3,12-14,17H,4-11H2,1H3,(H,22,25). The summed E-state index contributed by atoms with van der Waals surface area (Å²) in [6.45, 7) is 3.95. The van der Waals surface area contributed by atoms with E-state index in [1.54, 1.807) is 17.1 Å². The summed E-state index contributed by atoms with van der Waals surface area (Å²) in [6, 6.07) is 6.84. The third-order valence-corrected chi connectivity index (χ3v) is 5.44. The van der Waals surface area contributed by atoms with Crippen LogP contribution in [-0.4, -0.2) is 52.6 Å². The van der Waals surface area contributed by atoms with E-state index < -0.39 is 0 Å². The molecule has 2 aromatic rings. The summed E-state index contributed by atoms with van der Waals surface area (Å²) >= 11 is 0. The molecule has 1 aromatic carbocycles. The second-order valence-electron chi connectivity index (χ2n) is 7.27. The number of aromatic nitrogens is 2. The maximum atomic E-state index is 12.3. The van der Waals surface area contributed by atoms with Crippen LogP contribution in [0.3, 0.4) is 0 Å². The van der Waals surface area contributed by atoms with Crippen molar-refractivity contribution >= 4 is 5.91 Å². The molecule has 2 aliphatic rings. The van der Waals surface area contributed by atoms with Crippen LogP contribution in [0.5, 0.6) is 5.75 Å². The van der Waals surface area contributed by atoms with Crippen LogP contribution in [0.25, 0.3) is 0 Å². The Hall–Kier alpha value is -2.34. The number of hydrogen-bond donors (Lipinski definition) is 1. The van der Waals surface area contributed by atoms with Crippen LogP contribution in [0.15, 0.2) is 30.7 Å². The van der Waals surface area contributed by atoms with Crippen LogP contribution in [0.2, 0.25) is 0 Å². The average Bonchev–Trinajstić information content (AvgIpc) is 3.29. The molecule has 1 saturated heterocycles. The Labute approximate surface area is 154 Å². The fraction of sp³-hybridized carbons (Fsp3) is 0.500. The molecular formula is C20H26N4O2. The van der Waals surface area contributed by atoms with Crippen LogP contribution in [0.4, 0.5) is 0 Å². The number of rotatable bonds is 5. The molecule has 0 spiro atoms. The molecule has 26 heavy (non-hydrogen) atoms. The molecule has 0 unspecified atom stereocenters. The van der Waals surface area contributed by atoms with E-state index in [2.05, 4.69) is 33.4 Å². The molecule has 4 rings (SSSR count). The topological polar surface area (TPSA) is 59.4 Å². The lowest BCUT2D eigenvalue weighted by atomic mass is 10.0. The van der Waals surface area contributed by atoms with E-state index in [0.717, 1.165) is 57.7 Å². The van der Waals surface area contributed by atoms with Gasteiger partial charge in [0.05, 0.1) is 19.1 Å². The molecule has 0 atom stereocenters. The highest BCUT2D eigenvalue weighted by Crippen LogP contribution is 2.26. The average molecular weight is 354 g/mol. The number of hydrogen-bond acceptors (Lipinski definition) is 4. The highest BCUT2D eigenvalue weighted by molar-refractivity contribution is 5.92. The van der Waals surface area contributed by atoms with E-state index in [0.29, 0.717) is 5.69 Å². The molecule has 3 heterocycles. The van der Waals surface area contributed by atoms with Gasteiger partial charge in [-0.2, -0.15) is 0 Å². The summed E-state index contributed by atoms with van der Waals surface area (Å²) in [6.07, 6.45) is 7.38. The fourth-order valence-electron chi connectivity index (χ4n) is 3.82. The van der Waals surface area contributed by atoms with Gasteiger partial charge in [0.25, 0.3) is 5.91 Å². The quantitative estimate of drug-likeness (QED) is 0.889. The number of amides is 1. The molecule has 1 amide bonds. The number of nitrogens with zero attached hydrogens (tertiary/aromatic N) is 3. The SMILES string of the molecule is Cn1cncc1C(=O)NC1CCN(CCc2ccc3c(c2)CCO3)CC1. The summed E-state index contributed by atoms with van der Waals surface area (Å²) < 4.78 is 7.33. The van der Waals surface area contributed by atoms with Crippen molar-refractivity contribution in [3.63, 3.8) is 0 Å². The summed E-state index contributed by atoms with van der Waals surface area (Å²) in [5.74, 6) is 1.03. The van der Waals surface area contributed by atoms with Gasteiger partial charge in [0.1, 0.15) is 11.4 Å². The summed E-state index contributed by atoms with van der Waals surface area (Å²) in [7, 11) is 1.84. The number of likely N-dealkylation sites (tertiary alicyclic amines) is 1. The first-order chi connectivity index (χ1) is 12.7. The molecule has 1 aromatic heterocycles. The molecule has 2 aliphatic heterocycles. The first kappa shape index (κ1) is 17.1. The van der Waals surface area contributed by atoms with Gasteiger partial charge in [0, 0.05) is 39.1 Å². The molecule has 1 N–H and O–H groups in total. The van der Waals surface area contributed by atoms with Crippen LogP contribution in [0, 0.1) is 0 Å². The highest BCUT2D eigenvalue weighted by atomic mass is 16.5. The van der Waals surface area contributed by atoms with Gasteiger partial charge in [-0.15, -0.1) is 0 Å². The third-order valence-electron chi connectivity index (χ3n) is 5.44. The van der Waals surface area contributed by atoms with Crippen LogP contribution in [-0.2, 0) is 19.9 Å². The largest absolute Gasteiger partial charge is 0.493 e. The minimum Gasteiger partial charge on any atom is -0.493 e. The van der Waals surface area contributed by atoms with Gasteiger partial charge >= 0.3 is 0 Å². The first-order valence-corrected chi connectivity index (χ1v) is 9.43. The van der Waals surface area contributed by atoms with E-state index in [1.165, 1.54) is 11.1 Å². The Kier molecular flexibility index (Phi) is 4.93. The number of carbonyl (C=O) groups is 1. The van der Waals surface area contributed by atoms with E-state index >= 15 is 0 Å². The molecule has 6 heteroatoms. The Morgan fingerprint density at radius 2 is 2.19 bits per heavy atom. The maximum Gasteiger partial charge on any atom is 0.269 e. The lowest BCUT2D eigenvalue weighted by Crippen LogP contribution is -2.45. The van der Waals surface area contributed by atoms with E-state index in [9.17, 15) is 4.79 Å². The number of imidazole rings is 1. The Balaban J connectivity index is 1.22. The second kappa shape index (κ2) is 7.50. The number of carbonyl (C=O) groups excluding carboxylic acids is 1. The van der Waals surface area contributed by atoms with Crippen molar-refractivity contribution in [2.24, 2.45) is 7.05 Å². The number of aryl methyl sites for hydroxylation is 1. The van der Waals surface area contributed by atoms with Gasteiger partial charge in [-0.3, -0.25) is 4.79 Å². The van der Waals surface area contributed by atoms with Crippen molar-refractivity contribution in [3.05, 3.63) is 47.5 Å². The maximum absolute atomic E-state index is 12.3. The lowest BCUT2D eigenvalue weighted by molar-refractivity contribution is 0.0903. The molecular weight excluding hydrogens is 328 g/mol. The summed E-state index contributed by atoms with van der Waals surface area (Å²) in [4.78, 5) is 18.8. The predicted molar refractivity (Wildman–Crippen MR) is 99.5 cm³/mol. The lowest BCUT2D eigenvalue weighted by Gasteiger charge is -2.32. The van der Waals surface area contributed by atoms with Gasteiger partial charge in [0.2, 0.25) is 0 Å². The van der Waals surface area contributed by atoms with Crippen LogP contribution < -0.4 is 10.1 Å². The monoisotopic (exact) mass is 354 g/mol. The van der Waals surface area contributed by atoms with Crippen molar-refractivity contribution in [2.45, 2.75) is 31.7 Å². The summed E-state index contributed by atoms with van der Waals surface area (Å²) in [5.41, 5.74) is 3.35. The first-order valence-electron chi connectivity index (χ1n) is 9.43. The van der Waals surface area contributed by atoms with E-state index in [1.807, 2.05) is 7.05 Å². The molecule has 0 aliphatic carbocycles. The second-order valence-corrected chi connectivity index (χ2v) is 7.27. The Morgan fingerprint density at radius 3 is 2.96 bits per heavy atom. The zero-order chi connectivity index (χ0) is 17.9. The van der Waals surface area contributed by atoms with Gasteiger partial charge in [-0.1, -0.05) is 12.1 Å². The minimum atomic E-state index is -0.0243. The van der Waals surface area contributed by atoms with Gasteiger partial charge < -0.3 is 19.5 Å². The molecule has 6 nitrogen and oxygen atoms in total. The zero-order valence-corrected chi connectivity index (χ0v) is 15.3. The normalized spacial score (nSPS) is 17.7. The molecule has 138 valence electrons. The molecule has 1 fully saturated rings. The number of benzene rings is 1. The smallest absolute Gasteiger partial charge is 0.269 e. The number of fused-ring (bicyclic) bond motifs is 1. The zero-order valence-electron chi connectivity index (χ0n) is 15.3. The highest BCUT2D eigenvalue weighted by Gasteiger charge is 2.22. The molecule has 0 radical (unpaired) electrons. The van der Waals surface area contributed by atoms with E-state index in [-0.39, 0.29) is 11.9 Å². The van der Waals surface area contributed by atoms with E-state index in [4.69, 9.17) is 4.74 Å². The van der Waals surface area contributed by atoms with Crippen molar-refractivity contribution < 1.29 is 9.53 Å². The molecule has 0 saturated carbocycles. The van der Waals surface area contributed by atoms with Crippen molar-refractivity contribution in [2.75, 3.05) is 26.2 Å². The van der Waals surface area contributed by atoms with Crippen LogP contribution >= 0.6 is 0 Å². The van der Waals surface area contributed by atoms with Crippen molar-refractivity contribution in [1.82, 2.24) is 19.8 Å². The summed E-state index contributed by atoms with van der Waals surface area (Å²) in [5, 5.41) is 3.14. The van der Waals surface area contributed by atoms with Gasteiger partial charge in [-0.05, 0) is 36.5 Å². The predicted octanol–water partition coefficient (Wildman–Crippen LogP) is 1.79. The Bertz CT molecular complexity index is 778. The minimum absolute atomic E-state index is 0.0243.